The molecule has 0 spiro atoms. The van der Waals surface area contributed by atoms with E-state index in [2.05, 4.69) is 15.2 Å². The number of imidazole rings is 1. The van der Waals surface area contributed by atoms with Gasteiger partial charge in [-0.15, -0.1) is 10.2 Å². The highest BCUT2D eigenvalue weighted by Gasteiger charge is 2.31. The van der Waals surface area contributed by atoms with Gasteiger partial charge in [0, 0.05) is 44.6 Å². The second kappa shape index (κ2) is 7.24. The molecule has 1 aromatic carbocycles. The zero-order chi connectivity index (χ0) is 19.7. The lowest BCUT2D eigenvalue weighted by molar-refractivity contribution is 0.380. The number of hydrogen-bond acceptors (Lipinski definition) is 6. The average molecular weight is 406 g/mol. The van der Waals surface area contributed by atoms with Crippen LogP contribution in [0.3, 0.4) is 0 Å². The predicted molar refractivity (Wildman–Crippen MR) is 96.5 cm³/mol. The first-order chi connectivity index (χ1) is 13.4. The molecule has 3 heterocycles. The molecule has 4 rings (SSSR count). The Morgan fingerprint density at radius 1 is 0.929 bits per heavy atom. The van der Waals surface area contributed by atoms with Crippen LogP contribution < -0.4 is 4.90 Å². The summed E-state index contributed by atoms with van der Waals surface area (Å²) in [7, 11) is -4.03. The highest BCUT2D eigenvalue weighted by molar-refractivity contribution is 7.89. The minimum Gasteiger partial charge on any atom is -0.352 e. The number of sulfonamides is 1. The standard InChI is InChI=1S/C17H16F2N6O2S/c18-13-1-2-15(14(19)11-13)28(26,27)25-9-7-23(8-10-25)16-3-4-17(22-21-16)24-6-5-20-12-24/h1-6,11-12H,7-10H2. The normalized spacial score (nSPS) is 15.7. The van der Waals surface area contributed by atoms with Crippen molar-refractivity contribution in [3.05, 3.63) is 60.7 Å². The van der Waals surface area contributed by atoms with Gasteiger partial charge in [-0.1, -0.05) is 0 Å². The molecule has 1 aliphatic rings. The summed E-state index contributed by atoms with van der Waals surface area (Å²) in [5.74, 6) is -0.675. The first-order valence-corrected chi connectivity index (χ1v) is 9.91. The topological polar surface area (TPSA) is 84.2 Å². The number of benzene rings is 1. The van der Waals surface area contributed by atoms with E-state index in [1.807, 2.05) is 4.90 Å². The van der Waals surface area contributed by atoms with Crippen LogP contribution in [-0.4, -0.2) is 58.7 Å². The Morgan fingerprint density at radius 3 is 2.25 bits per heavy atom. The summed E-state index contributed by atoms with van der Waals surface area (Å²) in [6.45, 7) is 1.07. The molecule has 28 heavy (non-hydrogen) atoms. The zero-order valence-electron chi connectivity index (χ0n) is 14.6. The third-order valence-corrected chi connectivity index (χ3v) is 6.41. The molecule has 0 aliphatic carbocycles. The molecule has 1 fully saturated rings. The van der Waals surface area contributed by atoms with E-state index >= 15 is 0 Å². The Morgan fingerprint density at radius 2 is 1.64 bits per heavy atom. The van der Waals surface area contributed by atoms with Crippen molar-refractivity contribution in [2.24, 2.45) is 0 Å². The van der Waals surface area contributed by atoms with E-state index in [-0.39, 0.29) is 13.1 Å². The molecule has 0 radical (unpaired) electrons. The lowest BCUT2D eigenvalue weighted by Gasteiger charge is -2.34. The molecule has 146 valence electrons. The summed E-state index contributed by atoms with van der Waals surface area (Å²) < 4.78 is 55.2. The van der Waals surface area contributed by atoms with Crippen LogP contribution in [0, 0.1) is 11.6 Å². The van der Waals surface area contributed by atoms with Crippen LogP contribution in [0.25, 0.3) is 5.82 Å². The summed E-state index contributed by atoms with van der Waals surface area (Å²) in [6.07, 6.45) is 5.00. The highest BCUT2D eigenvalue weighted by Crippen LogP contribution is 2.22. The molecule has 1 aliphatic heterocycles. The van der Waals surface area contributed by atoms with Gasteiger partial charge in [0.25, 0.3) is 0 Å². The van der Waals surface area contributed by atoms with Gasteiger partial charge in [-0.3, -0.25) is 4.57 Å². The largest absolute Gasteiger partial charge is 0.352 e. The van der Waals surface area contributed by atoms with Gasteiger partial charge in [-0.2, -0.15) is 4.31 Å². The van der Waals surface area contributed by atoms with Crippen LogP contribution in [0.15, 0.2) is 53.9 Å². The van der Waals surface area contributed by atoms with E-state index in [1.54, 1.807) is 35.4 Å². The minimum atomic E-state index is -4.03. The minimum absolute atomic E-state index is 0.157. The number of rotatable bonds is 4. The van der Waals surface area contributed by atoms with Crippen LogP contribution in [0.2, 0.25) is 0 Å². The van der Waals surface area contributed by atoms with Gasteiger partial charge in [0.05, 0.1) is 0 Å². The Labute approximate surface area is 160 Å². The first-order valence-electron chi connectivity index (χ1n) is 8.47. The van der Waals surface area contributed by atoms with E-state index in [0.717, 1.165) is 12.1 Å². The lowest BCUT2D eigenvalue weighted by atomic mass is 10.3. The van der Waals surface area contributed by atoms with Crippen molar-refractivity contribution in [1.29, 1.82) is 0 Å². The summed E-state index contributed by atoms with van der Waals surface area (Å²) in [5, 5.41) is 8.33. The van der Waals surface area contributed by atoms with Crippen molar-refractivity contribution in [3.8, 4) is 5.82 Å². The molecule has 1 saturated heterocycles. The van der Waals surface area contributed by atoms with Crippen molar-refractivity contribution in [1.82, 2.24) is 24.1 Å². The lowest BCUT2D eigenvalue weighted by Crippen LogP contribution is -2.49. The number of nitrogens with zero attached hydrogens (tertiary/aromatic N) is 6. The van der Waals surface area contributed by atoms with Crippen molar-refractivity contribution < 1.29 is 17.2 Å². The van der Waals surface area contributed by atoms with Crippen molar-refractivity contribution in [2.75, 3.05) is 31.1 Å². The molecule has 8 nitrogen and oxygen atoms in total. The fraction of sp³-hybridized carbons (Fsp3) is 0.235. The van der Waals surface area contributed by atoms with E-state index in [0.29, 0.717) is 30.8 Å². The monoisotopic (exact) mass is 406 g/mol. The van der Waals surface area contributed by atoms with Crippen LogP contribution in [0.5, 0.6) is 0 Å². The third-order valence-electron chi connectivity index (χ3n) is 4.48. The maximum Gasteiger partial charge on any atom is 0.246 e. The first kappa shape index (κ1) is 18.4. The SMILES string of the molecule is O=S(=O)(c1ccc(F)cc1F)N1CCN(c2ccc(-n3ccnc3)nn2)CC1. The quantitative estimate of drug-likeness (QED) is 0.652. The Balaban J connectivity index is 1.45. The summed E-state index contributed by atoms with van der Waals surface area (Å²) >= 11 is 0. The molecule has 0 amide bonds. The second-order valence-corrected chi connectivity index (χ2v) is 8.09. The van der Waals surface area contributed by atoms with Gasteiger partial charge in [-0.05, 0) is 24.3 Å². The van der Waals surface area contributed by atoms with Gasteiger partial charge in [0.2, 0.25) is 10.0 Å². The maximum atomic E-state index is 13.9. The summed E-state index contributed by atoms with van der Waals surface area (Å²) in [6, 6.07) is 6.05. The van der Waals surface area contributed by atoms with Gasteiger partial charge in [0.1, 0.15) is 22.9 Å². The fourth-order valence-corrected chi connectivity index (χ4v) is 4.47. The molecule has 0 atom stereocenters. The zero-order valence-corrected chi connectivity index (χ0v) is 15.4. The van der Waals surface area contributed by atoms with Crippen LogP contribution in [0.4, 0.5) is 14.6 Å². The third kappa shape index (κ3) is 3.45. The smallest absolute Gasteiger partial charge is 0.246 e. The number of halogens is 2. The number of anilines is 1. The fourth-order valence-electron chi connectivity index (χ4n) is 3.00. The molecule has 3 aromatic rings. The molecule has 0 bridgehead atoms. The Hall–Kier alpha value is -2.92. The molecular weight excluding hydrogens is 390 g/mol. The van der Waals surface area contributed by atoms with E-state index in [9.17, 15) is 17.2 Å². The van der Waals surface area contributed by atoms with E-state index in [1.165, 1.54) is 4.31 Å². The number of hydrogen-bond donors (Lipinski definition) is 0. The predicted octanol–water partition coefficient (Wildman–Crippen LogP) is 1.45. The van der Waals surface area contributed by atoms with Gasteiger partial charge >= 0.3 is 0 Å². The van der Waals surface area contributed by atoms with Gasteiger partial charge in [0.15, 0.2) is 11.6 Å². The Kier molecular flexibility index (Phi) is 4.77. The molecule has 0 unspecified atom stereocenters. The molecule has 0 saturated carbocycles. The Bertz CT molecular complexity index is 1070. The van der Waals surface area contributed by atoms with Gasteiger partial charge in [-0.25, -0.2) is 22.2 Å². The highest BCUT2D eigenvalue weighted by atomic mass is 32.2. The maximum absolute atomic E-state index is 13.9. The van der Waals surface area contributed by atoms with E-state index < -0.39 is 26.6 Å². The van der Waals surface area contributed by atoms with Crippen LogP contribution >= 0.6 is 0 Å². The number of aromatic nitrogens is 4. The molecular formula is C17H16F2N6O2S. The van der Waals surface area contributed by atoms with Crippen molar-refractivity contribution in [2.45, 2.75) is 4.90 Å². The van der Waals surface area contributed by atoms with Crippen molar-refractivity contribution in [3.63, 3.8) is 0 Å². The number of piperazine rings is 1. The van der Waals surface area contributed by atoms with Crippen molar-refractivity contribution >= 4 is 15.8 Å². The second-order valence-electron chi connectivity index (χ2n) is 6.19. The van der Waals surface area contributed by atoms with Crippen LogP contribution in [0.1, 0.15) is 0 Å². The molecule has 11 heteroatoms. The van der Waals surface area contributed by atoms with E-state index in [4.69, 9.17) is 0 Å². The summed E-state index contributed by atoms with van der Waals surface area (Å²) in [4.78, 5) is 5.33. The average Bonchev–Trinajstić information content (AvgIpc) is 3.23. The van der Waals surface area contributed by atoms with Gasteiger partial charge < -0.3 is 4.90 Å². The molecule has 0 N–H and O–H groups in total. The summed E-state index contributed by atoms with van der Waals surface area (Å²) in [5.41, 5.74) is 0. The van der Waals surface area contributed by atoms with Crippen LogP contribution in [-0.2, 0) is 10.0 Å². The molecule has 2 aromatic heterocycles.